The Morgan fingerprint density at radius 1 is 1.33 bits per heavy atom. The fourth-order valence-electron chi connectivity index (χ4n) is 2.62. The third-order valence-corrected chi connectivity index (χ3v) is 4.75. The average molecular weight is 448 g/mol. The zero-order valence-electron chi connectivity index (χ0n) is 15.1. The Morgan fingerprint density at radius 2 is 2.04 bits per heavy atom. The molecular weight excluding hydrogens is 418 g/mol. The van der Waals surface area contributed by atoms with E-state index in [9.17, 15) is 4.39 Å². The number of halogens is 2. The molecule has 0 unspecified atom stereocenters. The molecule has 1 aliphatic rings. The molecule has 0 radical (unpaired) electrons. The van der Waals surface area contributed by atoms with Crippen LogP contribution in [0.2, 0.25) is 0 Å². The Labute approximate surface area is 162 Å². The first-order valence-electron chi connectivity index (χ1n) is 8.38. The van der Waals surface area contributed by atoms with Gasteiger partial charge < -0.3 is 15.5 Å². The summed E-state index contributed by atoms with van der Waals surface area (Å²) >= 11 is 0. The minimum atomic E-state index is -0.159. The minimum absolute atomic E-state index is 0. The fourth-order valence-corrected chi connectivity index (χ4v) is 2.62. The van der Waals surface area contributed by atoms with Crippen molar-refractivity contribution in [1.29, 1.82) is 0 Å². The van der Waals surface area contributed by atoms with Crippen LogP contribution in [0, 0.1) is 5.82 Å². The number of benzene rings is 1. The van der Waals surface area contributed by atoms with Gasteiger partial charge in [-0.3, -0.25) is 4.99 Å². The van der Waals surface area contributed by atoms with Crippen LogP contribution in [-0.2, 0) is 5.41 Å². The summed E-state index contributed by atoms with van der Waals surface area (Å²) in [6, 6.07) is 7.50. The molecule has 0 atom stereocenters. The number of aliphatic imine (C=N–C) groups is 1. The number of hydrogen-bond donors (Lipinski definition) is 2. The summed E-state index contributed by atoms with van der Waals surface area (Å²) in [5.74, 6) is 0.651. The normalized spacial score (nSPS) is 16.0. The zero-order valence-corrected chi connectivity index (χ0v) is 17.4. The van der Waals surface area contributed by atoms with E-state index < -0.39 is 0 Å². The molecule has 1 saturated carbocycles. The van der Waals surface area contributed by atoms with Crippen LogP contribution in [0.5, 0.6) is 0 Å². The van der Waals surface area contributed by atoms with E-state index in [2.05, 4.69) is 41.4 Å². The van der Waals surface area contributed by atoms with Crippen molar-refractivity contribution in [3.8, 4) is 0 Å². The molecule has 2 rings (SSSR count). The van der Waals surface area contributed by atoms with Gasteiger partial charge in [0.05, 0.1) is 0 Å². The van der Waals surface area contributed by atoms with E-state index in [0.29, 0.717) is 6.04 Å². The molecule has 6 heteroatoms. The molecule has 0 heterocycles. The summed E-state index contributed by atoms with van der Waals surface area (Å²) < 4.78 is 13.4. The highest BCUT2D eigenvalue weighted by molar-refractivity contribution is 14.0. The third kappa shape index (κ3) is 5.88. The first kappa shape index (κ1) is 21.2. The smallest absolute Gasteiger partial charge is 0.191 e. The molecule has 1 aromatic carbocycles. The van der Waals surface area contributed by atoms with Crippen molar-refractivity contribution >= 4 is 29.9 Å². The molecule has 0 aromatic heterocycles. The van der Waals surface area contributed by atoms with Crippen LogP contribution in [0.15, 0.2) is 29.3 Å². The lowest BCUT2D eigenvalue weighted by atomic mass is 9.96. The number of nitrogens with zero attached hydrogens (tertiary/aromatic N) is 2. The van der Waals surface area contributed by atoms with E-state index >= 15 is 0 Å². The lowest BCUT2D eigenvalue weighted by molar-refractivity contribution is 0.278. The van der Waals surface area contributed by atoms with Gasteiger partial charge in [-0.1, -0.05) is 12.1 Å². The summed E-state index contributed by atoms with van der Waals surface area (Å²) in [6.07, 6.45) is 2.19. The van der Waals surface area contributed by atoms with Crippen LogP contribution in [-0.4, -0.2) is 50.6 Å². The summed E-state index contributed by atoms with van der Waals surface area (Å²) in [5, 5.41) is 6.73. The lowest BCUT2D eigenvalue weighted by Crippen LogP contribution is -2.44. The molecule has 0 saturated heterocycles. The first-order chi connectivity index (χ1) is 11.0. The topological polar surface area (TPSA) is 39.7 Å². The molecule has 4 nitrogen and oxygen atoms in total. The maximum absolute atomic E-state index is 13.4. The summed E-state index contributed by atoms with van der Waals surface area (Å²) in [7, 11) is 3.90. The van der Waals surface area contributed by atoms with E-state index in [-0.39, 0.29) is 35.2 Å². The fraction of sp³-hybridized carbons (Fsp3) is 0.611. The van der Waals surface area contributed by atoms with Gasteiger partial charge in [-0.2, -0.15) is 0 Å². The minimum Gasteiger partial charge on any atom is -0.356 e. The number of rotatable bonds is 7. The van der Waals surface area contributed by atoms with Crippen LogP contribution < -0.4 is 10.6 Å². The molecule has 0 aliphatic heterocycles. The molecule has 0 amide bonds. The van der Waals surface area contributed by atoms with Gasteiger partial charge in [0.25, 0.3) is 0 Å². The van der Waals surface area contributed by atoms with Gasteiger partial charge in [0.2, 0.25) is 0 Å². The van der Waals surface area contributed by atoms with Crippen molar-refractivity contribution in [2.45, 2.75) is 38.1 Å². The monoisotopic (exact) mass is 448 g/mol. The standard InChI is InChI=1S/C18H29FN4.HI/c1-14(2)23(4)11-10-21-17(20-3)22-13-18(8-9-18)15-6-5-7-16(19)12-15;/h5-7,12,14H,8-11,13H2,1-4H3,(H2,20,21,22);1H. The maximum Gasteiger partial charge on any atom is 0.191 e. The molecule has 2 N–H and O–H groups in total. The summed E-state index contributed by atoms with van der Waals surface area (Å²) in [5.41, 5.74) is 1.15. The van der Waals surface area contributed by atoms with Gasteiger partial charge >= 0.3 is 0 Å². The second-order valence-corrected chi connectivity index (χ2v) is 6.72. The SMILES string of the molecule is CN=C(NCCN(C)C(C)C)NCC1(c2cccc(F)c2)CC1.I. The molecule has 136 valence electrons. The molecule has 1 aliphatic carbocycles. The Morgan fingerprint density at radius 3 is 2.58 bits per heavy atom. The maximum atomic E-state index is 13.4. The Bertz CT molecular complexity index is 544. The Kier molecular flexibility index (Phi) is 8.42. The highest BCUT2D eigenvalue weighted by Crippen LogP contribution is 2.47. The first-order valence-corrected chi connectivity index (χ1v) is 8.38. The van der Waals surface area contributed by atoms with Crippen molar-refractivity contribution in [2.75, 3.05) is 33.7 Å². The van der Waals surface area contributed by atoms with Gasteiger partial charge in [-0.25, -0.2) is 4.39 Å². The van der Waals surface area contributed by atoms with Crippen LogP contribution in [0.3, 0.4) is 0 Å². The van der Waals surface area contributed by atoms with E-state index in [1.807, 2.05) is 6.07 Å². The second kappa shape index (κ2) is 9.56. The number of nitrogens with one attached hydrogen (secondary N) is 2. The molecular formula is C18H30FIN4. The zero-order chi connectivity index (χ0) is 16.9. The van der Waals surface area contributed by atoms with E-state index in [1.165, 1.54) is 6.07 Å². The second-order valence-electron chi connectivity index (χ2n) is 6.72. The predicted molar refractivity (Wildman–Crippen MR) is 110 cm³/mol. The molecule has 1 aromatic rings. The highest BCUT2D eigenvalue weighted by Gasteiger charge is 2.44. The van der Waals surface area contributed by atoms with Gasteiger partial charge in [0.15, 0.2) is 5.96 Å². The largest absolute Gasteiger partial charge is 0.356 e. The number of likely N-dealkylation sites (N-methyl/N-ethyl adjacent to an activating group) is 1. The van der Waals surface area contributed by atoms with E-state index in [4.69, 9.17) is 0 Å². The summed E-state index contributed by atoms with van der Waals surface area (Å²) in [4.78, 5) is 6.56. The number of guanidine groups is 1. The molecule has 0 bridgehead atoms. The molecule has 0 spiro atoms. The molecule has 24 heavy (non-hydrogen) atoms. The third-order valence-electron chi connectivity index (χ3n) is 4.75. The van der Waals surface area contributed by atoms with Crippen LogP contribution >= 0.6 is 24.0 Å². The predicted octanol–water partition coefficient (Wildman–Crippen LogP) is 2.98. The number of hydrogen-bond acceptors (Lipinski definition) is 2. The van der Waals surface area contributed by atoms with Gasteiger partial charge in [-0.15, -0.1) is 24.0 Å². The van der Waals surface area contributed by atoms with Crippen molar-refractivity contribution in [3.05, 3.63) is 35.6 Å². The highest BCUT2D eigenvalue weighted by atomic mass is 127. The lowest BCUT2D eigenvalue weighted by Gasteiger charge is -2.22. The van der Waals surface area contributed by atoms with Gasteiger partial charge in [0.1, 0.15) is 5.82 Å². The average Bonchev–Trinajstić information content (AvgIpc) is 3.31. The molecule has 1 fully saturated rings. The Hall–Kier alpha value is -0.890. The van der Waals surface area contributed by atoms with Crippen LogP contribution in [0.25, 0.3) is 0 Å². The van der Waals surface area contributed by atoms with Gasteiger partial charge in [0, 0.05) is 38.1 Å². The van der Waals surface area contributed by atoms with E-state index in [0.717, 1.165) is 44.0 Å². The Balaban J connectivity index is 0.00000288. The van der Waals surface area contributed by atoms with Gasteiger partial charge in [-0.05, 0) is 51.4 Å². The van der Waals surface area contributed by atoms with Crippen LogP contribution in [0.4, 0.5) is 4.39 Å². The van der Waals surface area contributed by atoms with Crippen LogP contribution in [0.1, 0.15) is 32.3 Å². The van der Waals surface area contributed by atoms with Crippen molar-refractivity contribution in [3.63, 3.8) is 0 Å². The van der Waals surface area contributed by atoms with E-state index in [1.54, 1.807) is 19.2 Å². The van der Waals surface area contributed by atoms with Crippen molar-refractivity contribution in [1.82, 2.24) is 15.5 Å². The summed E-state index contributed by atoms with van der Waals surface area (Å²) in [6.45, 7) is 6.97. The van der Waals surface area contributed by atoms with Crippen molar-refractivity contribution < 1.29 is 4.39 Å². The quantitative estimate of drug-likeness (QED) is 0.383. The van der Waals surface area contributed by atoms with Crippen molar-refractivity contribution in [2.24, 2.45) is 4.99 Å².